The van der Waals surface area contributed by atoms with Gasteiger partial charge in [-0.15, -0.1) is 0 Å². The van der Waals surface area contributed by atoms with Gasteiger partial charge in [0.2, 0.25) is 0 Å². The van der Waals surface area contributed by atoms with Crippen LogP contribution in [0.5, 0.6) is 0 Å². The Balaban J connectivity index is 1.34. The molecule has 0 unspecified atom stereocenters. The summed E-state index contributed by atoms with van der Waals surface area (Å²) in [7, 11) is 0. The Kier molecular flexibility index (Phi) is 5.96. The second kappa shape index (κ2) is 9.18. The zero-order valence-electron chi connectivity index (χ0n) is 17.9. The summed E-state index contributed by atoms with van der Waals surface area (Å²) in [5, 5.41) is 13.8. The van der Waals surface area contributed by atoms with E-state index in [0.717, 1.165) is 61.4 Å². The van der Waals surface area contributed by atoms with E-state index in [4.69, 9.17) is 4.74 Å². The number of anilines is 1. The van der Waals surface area contributed by atoms with Crippen LogP contribution in [0.25, 0.3) is 22.2 Å². The molecule has 2 N–H and O–H groups in total. The SMILES string of the molecule is O=C(O)c1cccc(-c2ccc3ncnc(N[C@H]4CC[C@H](N5CCOCC5)CC4)c3c2)n1. The first-order chi connectivity index (χ1) is 15.7. The molecule has 1 aliphatic carbocycles. The monoisotopic (exact) mass is 433 g/mol. The van der Waals surface area contributed by atoms with Crippen LogP contribution in [0.15, 0.2) is 42.7 Å². The Bertz CT molecular complexity index is 1110. The molecule has 5 rings (SSSR count). The number of carboxylic acids is 1. The number of nitrogens with one attached hydrogen (secondary N) is 1. The van der Waals surface area contributed by atoms with Crippen molar-refractivity contribution in [1.82, 2.24) is 19.9 Å². The average molecular weight is 434 g/mol. The van der Waals surface area contributed by atoms with E-state index < -0.39 is 5.97 Å². The molecule has 0 radical (unpaired) electrons. The number of hydrogen-bond acceptors (Lipinski definition) is 7. The molecular weight excluding hydrogens is 406 g/mol. The molecule has 8 heteroatoms. The van der Waals surface area contributed by atoms with Gasteiger partial charge in [0.25, 0.3) is 0 Å². The molecule has 1 saturated carbocycles. The standard InChI is InChI=1S/C24H27N5O3/c30-24(31)22-3-1-2-20(28-22)16-4-9-21-19(14-16)23(26-15-25-21)27-17-5-7-18(8-6-17)29-10-12-32-13-11-29/h1-4,9,14-15,17-18H,5-8,10-13H2,(H,30,31)(H,25,26,27)/t17-,18-. The van der Waals surface area contributed by atoms with Crippen molar-refractivity contribution >= 4 is 22.7 Å². The lowest BCUT2D eigenvalue weighted by molar-refractivity contribution is 0.00791. The van der Waals surface area contributed by atoms with Gasteiger partial charge in [0.1, 0.15) is 17.8 Å². The first kappa shape index (κ1) is 20.8. The lowest BCUT2D eigenvalue weighted by Crippen LogP contribution is -2.46. The number of carboxylic acid groups (broad SMARTS) is 1. The van der Waals surface area contributed by atoms with Crippen molar-refractivity contribution in [2.24, 2.45) is 0 Å². The van der Waals surface area contributed by atoms with Gasteiger partial charge in [0.15, 0.2) is 0 Å². The van der Waals surface area contributed by atoms with Crippen molar-refractivity contribution in [1.29, 1.82) is 0 Å². The van der Waals surface area contributed by atoms with Crippen molar-refractivity contribution in [3.63, 3.8) is 0 Å². The molecule has 0 bridgehead atoms. The molecule has 3 heterocycles. The molecule has 1 aliphatic heterocycles. The van der Waals surface area contributed by atoms with E-state index in [2.05, 4.69) is 25.2 Å². The van der Waals surface area contributed by atoms with Crippen LogP contribution in [0.2, 0.25) is 0 Å². The van der Waals surface area contributed by atoms with Gasteiger partial charge in [-0.05, 0) is 49.9 Å². The predicted octanol–water partition coefficient (Wildman–Crippen LogP) is 3.45. The first-order valence-corrected chi connectivity index (χ1v) is 11.2. The van der Waals surface area contributed by atoms with Crippen LogP contribution >= 0.6 is 0 Å². The Hall–Kier alpha value is -3.10. The van der Waals surface area contributed by atoms with E-state index >= 15 is 0 Å². The molecule has 0 spiro atoms. The highest BCUT2D eigenvalue weighted by Gasteiger charge is 2.27. The van der Waals surface area contributed by atoms with Gasteiger partial charge in [0, 0.05) is 36.1 Å². The van der Waals surface area contributed by atoms with Crippen LogP contribution < -0.4 is 5.32 Å². The van der Waals surface area contributed by atoms with Crippen molar-refractivity contribution in [3.05, 3.63) is 48.4 Å². The van der Waals surface area contributed by atoms with Crippen LogP contribution in [0.3, 0.4) is 0 Å². The number of aromatic nitrogens is 3. The van der Waals surface area contributed by atoms with Gasteiger partial charge in [-0.2, -0.15) is 0 Å². The highest BCUT2D eigenvalue weighted by molar-refractivity contribution is 5.92. The Labute approximate surface area is 186 Å². The smallest absolute Gasteiger partial charge is 0.354 e. The van der Waals surface area contributed by atoms with Gasteiger partial charge in [0.05, 0.1) is 24.4 Å². The number of rotatable bonds is 5. The van der Waals surface area contributed by atoms with E-state index in [1.54, 1.807) is 12.4 Å². The van der Waals surface area contributed by atoms with E-state index in [-0.39, 0.29) is 5.69 Å². The zero-order chi connectivity index (χ0) is 21.9. The molecule has 2 fully saturated rings. The first-order valence-electron chi connectivity index (χ1n) is 11.2. The van der Waals surface area contributed by atoms with Gasteiger partial charge in [-0.25, -0.2) is 19.7 Å². The molecule has 3 aromatic rings. The van der Waals surface area contributed by atoms with Gasteiger partial charge in [-0.1, -0.05) is 12.1 Å². The van der Waals surface area contributed by atoms with E-state index in [9.17, 15) is 9.90 Å². The van der Waals surface area contributed by atoms with Crippen LogP contribution in [0, 0.1) is 0 Å². The van der Waals surface area contributed by atoms with Crippen molar-refractivity contribution in [3.8, 4) is 11.3 Å². The van der Waals surface area contributed by atoms with E-state index in [1.807, 2.05) is 24.3 Å². The molecule has 8 nitrogen and oxygen atoms in total. The third-order valence-corrected chi connectivity index (χ3v) is 6.50. The molecule has 0 atom stereocenters. The number of carbonyl (C=O) groups is 1. The lowest BCUT2D eigenvalue weighted by atomic mass is 9.90. The third-order valence-electron chi connectivity index (χ3n) is 6.50. The Morgan fingerprint density at radius 2 is 1.88 bits per heavy atom. The predicted molar refractivity (Wildman–Crippen MR) is 122 cm³/mol. The van der Waals surface area contributed by atoms with Gasteiger partial charge in [-0.3, -0.25) is 4.90 Å². The zero-order valence-corrected chi connectivity index (χ0v) is 17.9. The number of aromatic carboxylic acids is 1. The number of ether oxygens (including phenoxy) is 1. The largest absolute Gasteiger partial charge is 0.477 e. The summed E-state index contributed by atoms with van der Waals surface area (Å²) in [4.78, 5) is 27.1. The minimum absolute atomic E-state index is 0.0299. The number of hydrogen-bond donors (Lipinski definition) is 2. The fourth-order valence-corrected chi connectivity index (χ4v) is 4.77. The summed E-state index contributed by atoms with van der Waals surface area (Å²) >= 11 is 0. The molecule has 0 amide bonds. The van der Waals surface area contributed by atoms with Crippen LogP contribution in [-0.4, -0.2) is 69.3 Å². The summed E-state index contributed by atoms with van der Waals surface area (Å²) < 4.78 is 5.49. The van der Waals surface area contributed by atoms with Crippen LogP contribution in [0.1, 0.15) is 36.2 Å². The second-order valence-corrected chi connectivity index (χ2v) is 8.47. The fourth-order valence-electron chi connectivity index (χ4n) is 4.77. The van der Waals surface area contributed by atoms with Gasteiger partial charge < -0.3 is 15.2 Å². The number of benzene rings is 1. The Morgan fingerprint density at radius 3 is 2.66 bits per heavy atom. The maximum atomic E-state index is 11.3. The summed E-state index contributed by atoms with van der Waals surface area (Å²) in [5.74, 6) is -0.216. The van der Waals surface area contributed by atoms with Crippen molar-refractivity contribution in [2.75, 3.05) is 31.6 Å². The summed E-state index contributed by atoms with van der Waals surface area (Å²) in [6, 6.07) is 11.9. The number of fused-ring (bicyclic) bond motifs is 1. The summed E-state index contributed by atoms with van der Waals surface area (Å²) in [5.41, 5.74) is 2.34. The lowest BCUT2D eigenvalue weighted by Gasteiger charge is -2.39. The number of morpholine rings is 1. The quantitative estimate of drug-likeness (QED) is 0.631. The van der Waals surface area contributed by atoms with Crippen molar-refractivity contribution < 1.29 is 14.6 Å². The number of pyridine rings is 1. The van der Waals surface area contributed by atoms with E-state index in [1.165, 1.54) is 18.9 Å². The maximum Gasteiger partial charge on any atom is 0.354 e. The minimum atomic E-state index is -1.04. The topological polar surface area (TPSA) is 100 Å². The Morgan fingerprint density at radius 1 is 1.06 bits per heavy atom. The molecular formula is C24H27N5O3. The molecule has 166 valence electrons. The second-order valence-electron chi connectivity index (χ2n) is 8.47. The molecule has 1 saturated heterocycles. The molecule has 1 aromatic carbocycles. The number of nitrogens with zero attached hydrogens (tertiary/aromatic N) is 4. The maximum absolute atomic E-state index is 11.3. The average Bonchev–Trinajstić information content (AvgIpc) is 2.85. The highest BCUT2D eigenvalue weighted by atomic mass is 16.5. The molecule has 2 aliphatic rings. The van der Waals surface area contributed by atoms with Crippen LogP contribution in [-0.2, 0) is 4.74 Å². The minimum Gasteiger partial charge on any atom is -0.477 e. The normalized spacial score (nSPS) is 22.0. The third kappa shape index (κ3) is 4.42. The van der Waals surface area contributed by atoms with E-state index in [0.29, 0.717) is 17.8 Å². The summed E-state index contributed by atoms with van der Waals surface area (Å²) in [6.07, 6.45) is 6.16. The molecule has 32 heavy (non-hydrogen) atoms. The van der Waals surface area contributed by atoms with Crippen LogP contribution in [0.4, 0.5) is 5.82 Å². The summed E-state index contributed by atoms with van der Waals surface area (Å²) in [6.45, 7) is 3.77. The fraction of sp³-hybridized carbons (Fsp3) is 0.417. The molecule has 2 aromatic heterocycles. The highest BCUT2D eigenvalue weighted by Crippen LogP contribution is 2.30. The van der Waals surface area contributed by atoms with Crippen molar-refractivity contribution in [2.45, 2.75) is 37.8 Å². The van der Waals surface area contributed by atoms with Gasteiger partial charge >= 0.3 is 5.97 Å².